The smallest absolute Gasteiger partial charge is 0.348 e. The molecule has 0 aromatic heterocycles. The highest BCUT2D eigenvalue weighted by Crippen LogP contribution is 2.29. The molecule has 11 heteroatoms. The number of ketones is 2. The average molecular weight is 458 g/mol. The van der Waals surface area contributed by atoms with Crippen LogP contribution in [0.4, 0.5) is 0 Å². The zero-order chi connectivity index (χ0) is 25.0. The third-order valence-electron chi connectivity index (χ3n) is 4.60. The van der Waals surface area contributed by atoms with E-state index >= 15 is 0 Å². The Balaban J connectivity index is 2.47. The second-order valence-electron chi connectivity index (χ2n) is 6.77. The number of carbonyl (C=O) groups is 4. The van der Waals surface area contributed by atoms with Gasteiger partial charge in [0.2, 0.25) is 11.6 Å². The van der Waals surface area contributed by atoms with Gasteiger partial charge in [-0.05, 0) is 47.5 Å². The van der Waals surface area contributed by atoms with E-state index in [9.17, 15) is 54.9 Å². The van der Waals surface area contributed by atoms with Gasteiger partial charge in [-0.3, -0.25) is 9.59 Å². The van der Waals surface area contributed by atoms with Gasteiger partial charge < -0.3 is 35.7 Å². The maximum absolute atomic E-state index is 12.5. The molecule has 33 heavy (non-hydrogen) atoms. The Labute approximate surface area is 185 Å². The molecule has 2 aromatic carbocycles. The highest BCUT2D eigenvalue weighted by atomic mass is 16.5. The topological polar surface area (TPSA) is 210 Å². The van der Waals surface area contributed by atoms with Crippen molar-refractivity contribution in [1.29, 1.82) is 0 Å². The minimum atomic E-state index is -4.13. The van der Waals surface area contributed by atoms with Crippen molar-refractivity contribution in [2.24, 2.45) is 0 Å². The highest BCUT2D eigenvalue weighted by molar-refractivity contribution is 6.26. The first kappa shape index (κ1) is 24.8. The van der Waals surface area contributed by atoms with Gasteiger partial charge in [-0.2, -0.15) is 0 Å². The van der Waals surface area contributed by atoms with Crippen LogP contribution < -0.4 is 0 Å². The Kier molecular flexibility index (Phi) is 7.02. The summed E-state index contributed by atoms with van der Waals surface area (Å²) in [5.41, 5.74) is -7.98. The van der Waals surface area contributed by atoms with E-state index in [1.54, 1.807) is 0 Å². The number of aromatic hydroxyl groups is 3. The van der Waals surface area contributed by atoms with Crippen LogP contribution in [0.2, 0.25) is 0 Å². The number of aliphatic hydroxyl groups is 2. The quantitative estimate of drug-likeness (QED) is 0.154. The Bertz CT molecular complexity index is 1160. The molecule has 0 amide bonds. The van der Waals surface area contributed by atoms with Gasteiger partial charge in [-0.1, -0.05) is 30.4 Å². The minimum Gasteiger partial charge on any atom is -0.508 e. The van der Waals surface area contributed by atoms with Gasteiger partial charge in [0.05, 0.1) is 0 Å². The number of hydrogen-bond acceptors (Lipinski definition) is 9. The standard InChI is InChI=1S/C22H18O11/c23-14-6-1-12(2-7-14)4-9-17(26)21(32,19(28)29)22(33,20(30)31)18(27)10-5-13-3-8-15(24)16(25)11-13/h1-11,23-25,32-33H,(H,28,29)(H,30,31)/b9-4+,10-5+. The predicted molar refractivity (Wildman–Crippen MR) is 111 cm³/mol. The molecule has 11 nitrogen and oxygen atoms in total. The zero-order valence-corrected chi connectivity index (χ0v) is 16.6. The molecule has 0 spiro atoms. The van der Waals surface area contributed by atoms with Gasteiger partial charge in [-0.25, -0.2) is 9.59 Å². The lowest BCUT2D eigenvalue weighted by molar-refractivity contribution is -0.204. The molecule has 0 aliphatic heterocycles. The molecule has 0 aliphatic rings. The zero-order valence-electron chi connectivity index (χ0n) is 16.6. The maximum atomic E-state index is 12.5. The van der Waals surface area contributed by atoms with Crippen molar-refractivity contribution < 1.29 is 54.9 Å². The molecule has 0 radical (unpaired) electrons. The second kappa shape index (κ2) is 9.34. The van der Waals surface area contributed by atoms with Crippen LogP contribution in [0.25, 0.3) is 12.2 Å². The third-order valence-corrected chi connectivity index (χ3v) is 4.60. The molecule has 2 atom stereocenters. The van der Waals surface area contributed by atoms with E-state index in [-0.39, 0.29) is 16.9 Å². The molecule has 2 unspecified atom stereocenters. The lowest BCUT2D eigenvalue weighted by Gasteiger charge is -2.33. The first-order valence-electron chi connectivity index (χ1n) is 9.01. The Hall–Kier alpha value is -4.48. The summed E-state index contributed by atoms with van der Waals surface area (Å²) in [5.74, 6) is -9.89. The monoisotopic (exact) mass is 458 g/mol. The number of carbonyl (C=O) groups excluding carboxylic acids is 2. The van der Waals surface area contributed by atoms with Crippen LogP contribution in [0, 0.1) is 0 Å². The summed E-state index contributed by atoms with van der Waals surface area (Å²) >= 11 is 0. The molecule has 0 heterocycles. The first-order valence-corrected chi connectivity index (χ1v) is 9.01. The molecule has 0 bridgehead atoms. The number of carboxylic acid groups (broad SMARTS) is 2. The molecule has 172 valence electrons. The van der Waals surface area contributed by atoms with E-state index in [4.69, 9.17) is 0 Å². The van der Waals surface area contributed by atoms with E-state index in [1.807, 2.05) is 0 Å². The maximum Gasteiger partial charge on any atom is 0.348 e. The normalized spacial score (nSPS) is 15.1. The Morgan fingerprint density at radius 3 is 1.48 bits per heavy atom. The Morgan fingerprint density at radius 1 is 0.636 bits per heavy atom. The van der Waals surface area contributed by atoms with Crippen molar-refractivity contribution in [3.8, 4) is 17.2 Å². The number of rotatable bonds is 9. The third kappa shape index (κ3) is 4.74. The van der Waals surface area contributed by atoms with Crippen LogP contribution in [-0.4, -0.2) is 70.5 Å². The van der Waals surface area contributed by atoms with Gasteiger partial charge in [0.1, 0.15) is 5.75 Å². The number of phenolic OH excluding ortho intramolecular Hbond substituents is 3. The SMILES string of the molecule is O=C(O)C(O)(C(=O)/C=C/c1ccc(O)cc1)C(O)(C(=O)O)C(=O)/C=C/c1ccc(O)c(O)c1. The lowest BCUT2D eigenvalue weighted by Crippen LogP contribution is -2.71. The molecule has 0 fully saturated rings. The number of carboxylic acids is 2. The molecular weight excluding hydrogens is 440 g/mol. The van der Waals surface area contributed by atoms with Crippen LogP contribution in [0.5, 0.6) is 17.2 Å². The van der Waals surface area contributed by atoms with Gasteiger partial charge >= 0.3 is 11.9 Å². The number of aliphatic carboxylic acids is 2. The summed E-state index contributed by atoms with van der Waals surface area (Å²) in [6.07, 6.45) is 2.68. The predicted octanol–water partition coefficient (Wildman–Crippen LogP) is 0.300. The lowest BCUT2D eigenvalue weighted by atomic mass is 9.76. The van der Waals surface area contributed by atoms with Crippen molar-refractivity contribution in [1.82, 2.24) is 0 Å². The molecule has 0 saturated carbocycles. The van der Waals surface area contributed by atoms with E-state index in [0.717, 1.165) is 24.3 Å². The summed E-state index contributed by atoms with van der Waals surface area (Å²) in [6.45, 7) is 0. The van der Waals surface area contributed by atoms with Crippen LogP contribution in [0.3, 0.4) is 0 Å². The van der Waals surface area contributed by atoms with Crippen molar-refractivity contribution in [2.75, 3.05) is 0 Å². The summed E-state index contributed by atoms with van der Waals surface area (Å²) < 4.78 is 0. The highest BCUT2D eigenvalue weighted by Gasteiger charge is 2.68. The minimum absolute atomic E-state index is 0.0313. The Morgan fingerprint density at radius 2 is 1.06 bits per heavy atom. The van der Waals surface area contributed by atoms with Crippen LogP contribution in [-0.2, 0) is 19.2 Å². The van der Waals surface area contributed by atoms with E-state index in [0.29, 0.717) is 12.2 Å². The molecule has 2 rings (SSSR count). The molecule has 0 saturated heterocycles. The van der Waals surface area contributed by atoms with Gasteiger partial charge in [0.15, 0.2) is 11.5 Å². The summed E-state index contributed by atoms with van der Waals surface area (Å²) in [7, 11) is 0. The van der Waals surface area contributed by atoms with Crippen LogP contribution in [0.1, 0.15) is 11.1 Å². The fourth-order valence-corrected chi connectivity index (χ4v) is 2.69. The van der Waals surface area contributed by atoms with E-state index in [2.05, 4.69) is 0 Å². The molecule has 7 N–H and O–H groups in total. The summed E-state index contributed by atoms with van der Waals surface area (Å²) in [5, 5.41) is 67.9. The van der Waals surface area contributed by atoms with Gasteiger partial charge in [0.25, 0.3) is 11.2 Å². The first-order chi connectivity index (χ1) is 15.3. The van der Waals surface area contributed by atoms with Crippen molar-refractivity contribution in [2.45, 2.75) is 11.2 Å². The van der Waals surface area contributed by atoms with Crippen molar-refractivity contribution >= 4 is 35.7 Å². The molecular formula is C22H18O11. The number of benzene rings is 2. The summed E-state index contributed by atoms with van der Waals surface area (Å²) in [6, 6.07) is 8.27. The number of hydrogen-bond donors (Lipinski definition) is 7. The van der Waals surface area contributed by atoms with Gasteiger partial charge in [-0.15, -0.1) is 0 Å². The van der Waals surface area contributed by atoms with Crippen LogP contribution >= 0.6 is 0 Å². The summed E-state index contributed by atoms with van der Waals surface area (Å²) in [4.78, 5) is 48.5. The van der Waals surface area contributed by atoms with E-state index < -0.39 is 46.2 Å². The van der Waals surface area contributed by atoms with E-state index in [1.165, 1.54) is 30.3 Å². The fourth-order valence-electron chi connectivity index (χ4n) is 2.69. The van der Waals surface area contributed by atoms with Crippen molar-refractivity contribution in [3.05, 3.63) is 65.7 Å². The average Bonchev–Trinajstić information content (AvgIpc) is 2.77. The molecule has 2 aromatic rings. The largest absolute Gasteiger partial charge is 0.508 e. The molecule has 0 aliphatic carbocycles. The van der Waals surface area contributed by atoms with Crippen molar-refractivity contribution in [3.63, 3.8) is 0 Å². The van der Waals surface area contributed by atoms with Gasteiger partial charge in [0, 0.05) is 0 Å². The fraction of sp³-hybridized carbons (Fsp3) is 0.0909. The number of phenols is 3. The second-order valence-corrected chi connectivity index (χ2v) is 6.77. The van der Waals surface area contributed by atoms with Crippen LogP contribution in [0.15, 0.2) is 54.6 Å².